The van der Waals surface area contributed by atoms with Crippen molar-refractivity contribution >= 4 is 0 Å². The first-order valence-electron chi connectivity index (χ1n) is 5.95. The van der Waals surface area contributed by atoms with Gasteiger partial charge in [0.2, 0.25) is 0 Å². The third-order valence-electron chi connectivity index (χ3n) is 3.28. The maximum absolute atomic E-state index is 4.64. The molecule has 0 saturated heterocycles. The lowest BCUT2D eigenvalue weighted by Crippen LogP contribution is -2.24. The number of hydrogen-bond acceptors (Lipinski definition) is 3. The largest absolute Gasteiger partial charge is 0.311 e. The Kier molecular flexibility index (Phi) is 2.29. The molecule has 0 bridgehead atoms. The standard InChI is InChI=1S/C12H17N5/c1-8-12(7-16(3)15-8)17-9(2)14-10-6-13-5-4-11(10)17/h7,13H,4-6H2,1-3H3. The second-order valence-electron chi connectivity index (χ2n) is 4.59. The van der Waals surface area contributed by atoms with Gasteiger partial charge in [0, 0.05) is 38.4 Å². The third-order valence-corrected chi connectivity index (χ3v) is 3.28. The molecule has 1 aliphatic rings. The van der Waals surface area contributed by atoms with Gasteiger partial charge in [-0.15, -0.1) is 0 Å². The smallest absolute Gasteiger partial charge is 0.110 e. The van der Waals surface area contributed by atoms with Gasteiger partial charge in [-0.05, 0) is 13.8 Å². The lowest BCUT2D eigenvalue weighted by atomic mass is 10.2. The highest BCUT2D eigenvalue weighted by Gasteiger charge is 2.20. The van der Waals surface area contributed by atoms with Gasteiger partial charge in [-0.1, -0.05) is 0 Å². The predicted octanol–water partition coefficient (Wildman–Crippen LogP) is 0.868. The van der Waals surface area contributed by atoms with E-state index in [1.807, 2.05) is 18.7 Å². The molecule has 5 heteroatoms. The van der Waals surface area contributed by atoms with Crippen LogP contribution < -0.4 is 5.32 Å². The highest BCUT2D eigenvalue weighted by molar-refractivity contribution is 5.40. The molecule has 0 radical (unpaired) electrons. The summed E-state index contributed by atoms with van der Waals surface area (Å²) in [6.45, 7) is 6.01. The van der Waals surface area contributed by atoms with Crippen LogP contribution >= 0.6 is 0 Å². The Morgan fingerprint density at radius 1 is 1.35 bits per heavy atom. The molecule has 17 heavy (non-hydrogen) atoms. The zero-order valence-electron chi connectivity index (χ0n) is 10.5. The van der Waals surface area contributed by atoms with Crippen LogP contribution in [0.25, 0.3) is 5.69 Å². The maximum Gasteiger partial charge on any atom is 0.110 e. The van der Waals surface area contributed by atoms with E-state index in [2.05, 4.69) is 33.1 Å². The van der Waals surface area contributed by atoms with Gasteiger partial charge < -0.3 is 5.32 Å². The number of imidazole rings is 1. The van der Waals surface area contributed by atoms with Crippen molar-refractivity contribution in [2.24, 2.45) is 7.05 Å². The Morgan fingerprint density at radius 3 is 2.88 bits per heavy atom. The van der Waals surface area contributed by atoms with Gasteiger partial charge in [0.15, 0.2) is 0 Å². The van der Waals surface area contributed by atoms with E-state index < -0.39 is 0 Å². The van der Waals surface area contributed by atoms with Crippen LogP contribution in [-0.2, 0) is 20.0 Å². The summed E-state index contributed by atoms with van der Waals surface area (Å²) in [6, 6.07) is 0. The fraction of sp³-hybridized carbons (Fsp3) is 0.500. The van der Waals surface area contributed by atoms with E-state index in [1.165, 1.54) is 11.4 Å². The Balaban J connectivity index is 2.20. The van der Waals surface area contributed by atoms with Crippen molar-refractivity contribution in [1.82, 2.24) is 24.6 Å². The number of nitrogens with one attached hydrogen (secondary N) is 1. The van der Waals surface area contributed by atoms with E-state index in [-0.39, 0.29) is 0 Å². The molecular formula is C12H17N5. The van der Waals surface area contributed by atoms with Crippen molar-refractivity contribution in [2.75, 3.05) is 6.54 Å². The van der Waals surface area contributed by atoms with E-state index in [1.54, 1.807) is 0 Å². The lowest BCUT2D eigenvalue weighted by Gasteiger charge is -2.15. The second-order valence-corrected chi connectivity index (χ2v) is 4.59. The van der Waals surface area contributed by atoms with Crippen LogP contribution in [0, 0.1) is 13.8 Å². The molecule has 0 spiro atoms. The summed E-state index contributed by atoms with van der Waals surface area (Å²) in [5.74, 6) is 1.05. The van der Waals surface area contributed by atoms with Crippen LogP contribution in [-0.4, -0.2) is 25.9 Å². The molecule has 3 heterocycles. The molecule has 0 saturated carbocycles. The SMILES string of the molecule is Cc1nn(C)cc1-n1c(C)nc2c1CCNC2. The number of aromatic nitrogens is 4. The number of aryl methyl sites for hydroxylation is 3. The average molecular weight is 231 g/mol. The third kappa shape index (κ3) is 1.58. The van der Waals surface area contributed by atoms with Gasteiger partial charge in [-0.2, -0.15) is 5.10 Å². The van der Waals surface area contributed by atoms with Crippen molar-refractivity contribution in [3.05, 3.63) is 29.1 Å². The summed E-state index contributed by atoms with van der Waals surface area (Å²) in [4.78, 5) is 4.64. The molecule has 0 atom stereocenters. The average Bonchev–Trinajstić information content (AvgIpc) is 2.77. The normalized spacial score (nSPS) is 15.0. The van der Waals surface area contributed by atoms with Gasteiger partial charge in [0.25, 0.3) is 0 Å². The minimum absolute atomic E-state index is 0.877. The molecule has 2 aromatic rings. The van der Waals surface area contributed by atoms with Crippen LogP contribution in [0.2, 0.25) is 0 Å². The molecule has 0 aliphatic carbocycles. The van der Waals surface area contributed by atoms with Gasteiger partial charge >= 0.3 is 0 Å². The molecule has 0 fully saturated rings. The summed E-state index contributed by atoms with van der Waals surface area (Å²) in [6.07, 6.45) is 3.09. The summed E-state index contributed by atoms with van der Waals surface area (Å²) in [5, 5.41) is 7.77. The van der Waals surface area contributed by atoms with Crippen molar-refractivity contribution in [3.8, 4) is 5.69 Å². The molecule has 3 rings (SSSR count). The topological polar surface area (TPSA) is 47.7 Å². The first kappa shape index (κ1) is 10.5. The molecule has 2 aromatic heterocycles. The zero-order chi connectivity index (χ0) is 12.0. The van der Waals surface area contributed by atoms with E-state index in [0.29, 0.717) is 0 Å². The molecule has 0 amide bonds. The Morgan fingerprint density at radius 2 is 2.18 bits per heavy atom. The monoisotopic (exact) mass is 231 g/mol. The molecule has 0 unspecified atom stereocenters. The van der Waals surface area contributed by atoms with Gasteiger partial charge in [0.05, 0.1) is 17.1 Å². The maximum atomic E-state index is 4.64. The highest BCUT2D eigenvalue weighted by Crippen LogP contribution is 2.22. The summed E-state index contributed by atoms with van der Waals surface area (Å²) in [5.41, 5.74) is 4.71. The van der Waals surface area contributed by atoms with Gasteiger partial charge in [-0.3, -0.25) is 9.25 Å². The first-order chi connectivity index (χ1) is 8.16. The van der Waals surface area contributed by atoms with Gasteiger partial charge in [0.1, 0.15) is 5.82 Å². The van der Waals surface area contributed by atoms with Gasteiger partial charge in [-0.25, -0.2) is 4.98 Å². The molecular weight excluding hydrogens is 214 g/mol. The van der Waals surface area contributed by atoms with Crippen molar-refractivity contribution < 1.29 is 0 Å². The molecule has 90 valence electrons. The predicted molar refractivity (Wildman–Crippen MR) is 65.2 cm³/mol. The Bertz CT molecular complexity index is 564. The van der Waals surface area contributed by atoms with Crippen LogP contribution in [0.1, 0.15) is 22.9 Å². The second kappa shape index (κ2) is 3.70. The summed E-state index contributed by atoms with van der Waals surface area (Å²) in [7, 11) is 1.96. The van der Waals surface area contributed by atoms with E-state index in [0.717, 1.165) is 36.7 Å². The van der Waals surface area contributed by atoms with Crippen molar-refractivity contribution in [1.29, 1.82) is 0 Å². The van der Waals surface area contributed by atoms with Crippen LogP contribution in [0.3, 0.4) is 0 Å². The van der Waals surface area contributed by atoms with Crippen molar-refractivity contribution in [2.45, 2.75) is 26.8 Å². The number of hydrogen-bond donors (Lipinski definition) is 1. The van der Waals surface area contributed by atoms with E-state index in [4.69, 9.17) is 0 Å². The molecule has 0 aromatic carbocycles. The first-order valence-corrected chi connectivity index (χ1v) is 5.95. The lowest BCUT2D eigenvalue weighted by molar-refractivity contribution is 0.619. The van der Waals surface area contributed by atoms with E-state index in [9.17, 15) is 0 Å². The van der Waals surface area contributed by atoms with Crippen LogP contribution in [0.4, 0.5) is 0 Å². The molecule has 1 aliphatic heterocycles. The quantitative estimate of drug-likeness (QED) is 0.792. The molecule has 5 nitrogen and oxygen atoms in total. The zero-order valence-corrected chi connectivity index (χ0v) is 10.5. The minimum Gasteiger partial charge on any atom is -0.311 e. The fourth-order valence-corrected chi connectivity index (χ4v) is 2.57. The van der Waals surface area contributed by atoms with Crippen molar-refractivity contribution in [3.63, 3.8) is 0 Å². The van der Waals surface area contributed by atoms with Crippen LogP contribution in [0.15, 0.2) is 6.20 Å². The summed E-state index contributed by atoms with van der Waals surface area (Å²) >= 11 is 0. The minimum atomic E-state index is 0.877. The number of nitrogens with zero attached hydrogens (tertiary/aromatic N) is 4. The highest BCUT2D eigenvalue weighted by atomic mass is 15.3. The number of fused-ring (bicyclic) bond motifs is 1. The fourth-order valence-electron chi connectivity index (χ4n) is 2.57. The summed E-state index contributed by atoms with van der Waals surface area (Å²) < 4.78 is 4.11. The number of rotatable bonds is 1. The van der Waals surface area contributed by atoms with E-state index >= 15 is 0 Å². The van der Waals surface area contributed by atoms with Crippen LogP contribution in [0.5, 0.6) is 0 Å². The Labute approximate surface area is 100 Å². The Hall–Kier alpha value is -1.62. The molecule has 1 N–H and O–H groups in total.